The highest BCUT2D eigenvalue weighted by Gasteiger charge is 2.38. The van der Waals surface area contributed by atoms with Gasteiger partial charge in [-0.15, -0.1) is 0 Å². The molecular weight excluding hydrogens is 284 g/mol. The second-order valence-electron chi connectivity index (χ2n) is 5.99. The molecule has 1 saturated heterocycles. The van der Waals surface area contributed by atoms with E-state index >= 15 is 0 Å². The van der Waals surface area contributed by atoms with Crippen LogP contribution in [0.15, 0.2) is 24.3 Å². The number of benzene rings is 1. The average Bonchev–Trinajstić information content (AvgIpc) is 2.53. The van der Waals surface area contributed by atoms with Gasteiger partial charge in [-0.2, -0.15) is 0 Å². The molecule has 1 fully saturated rings. The third-order valence-corrected chi connectivity index (χ3v) is 5.11. The van der Waals surface area contributed by atoms with E-state index < -0.39 is 0 Å². The highest BCUT2D eigenvalue weighted by Crippen LogP contribution is 2.27. The molecule has 0 aromatic heterocycles. The van der Waals surface area contributed by atoms with Crippen molar-refractivity contribution in [3.8, 4) is 0 Å². The first-order valence-corrected chi connectivity index (χ1v) is 8.22. The molecule has 3 nitrogen and oxygen atoms in total. The van der Waals surface area contributed by atoms with E-state index in [1.54, 1.807) is 0 Å². The molecule has 0 radical (unpaired) electrons. The first-order valence-electron chi connectivity index (χ1n) is 7.84. The highest BCUT2D eigenvalue weighted by molar-refractivity contribution is 6.30. The van der Waals surface area contributed by atoms with Crippen LogP contribution in [0.2, 0.25) is 5.02 Å². The van der Waals surface area contributed by atoms with Crippen molar-refractivity contribution >= 4 is 11.6 Å². The Balaban J connectivity index is 2.16. The largest absolute Gasteiger partial charge is 0.379 e. The molecule has 0 amide bonds. The molecule has 2 rings (SSSR count). The maximum Gasteiger partial charge on any atom is 0.0594 e. The Bertz CT molecular complexity index is 448. The summed E-state index contributed by atoms with van der Waals surface area (Å²) in [5.74, 6) is 0. The van der Waals surface area contributed by atoms with E-state index in [0.717, 1.165) is 44.2 Å². The minimum Gasteiger partial charge on any atom is -0.379 e. The Morgan fingerprint density at radius 2 is 2.10 bits per heavy atom. The molecule has 2 unspecified atom stereocenters. The lowest BCUT2D eigenvalue weighted by atomic mass is 9.83. The fourth-order valence-electron chi connectivity index (χ4n) is 3.30. The molecular formula is C17H27ClN2O. The summed E-state index contributed by atoms with van der Waals surface area (Å²) in [7, 11) is 2.06. The second kappa shape index (κ2) is 7.59. The van der Waals surface area contributed by atoms with Gasteiger partial charge in [0.2, 0.25) is 0 Å². The van der Waals surface area contributed by atoms with Crippen molar-refractivity contribution in [2.24, 2.45) is 0 Å². The van der Waals surface area contributed by atoms with Crippen LogP contribution in [0.4, 0.5) is 0 Å². The number of ether oxygens (including phenoxy) is 1. The fraction of sp³-hybridized carbons (Fsp3) is 0.647. The quantitative estimate of drug-likeness (QED) is 0.874. The van der Waals surface area contributed by atoms with E-state index in [0.29, 0.717) is 6.04 Å². The summed E-state index contributed by atoms with van der Waals surface area (Å²) in [4.78, 5) is 2.57. The van der Waals surface area contributed by atoms with Gasteiger partial charge in [-0.3, -0.25) is 4.90 Å². The Morgan fingerprint density at radius 1 is 1.38 bits per heavy atom. The Kier molecular flexibility index (Phi) is 6.06. The van der Waals surface area contributed by atoms with Crippen LogP contribution in [0.3, 0.4) is 0 Å². The average molecular weight is 311 g/mol. The van der Waals surface area contributed by atoms with Gasteiger partial charge in [-0.05, 0) is 44.5 Å². The lowest BCUT2D eigenvalue weighted by Crippen LogP contribution is -2.61. The predicted molar refractivity (Wildman–Crippen MR) is 89.1 cm³/mol. The van der Waals surface area contributed by atoms with Crippen LogP contribution < -0.4 is 5.32 Å². The third kappa shape index (κ3) is 3.98. The lowest BCUT2D eigenvalue weighted by molar-refractivity contribution is -0.0313. The zero-order valence-corrected chi connectivity index (χ0v) is 14.1. The molecule has 0 spiro atoms. The van der Waals surface area contributed by atoms with E-state index in [-0.39, 0.29) is 5.54 Å². The van der Waals surface area contributed by atoms with Crippen LogP contribution in [0.1, 0.15) is 25.8 Å². The minimum atomic E-state index is 0.126. The minimum absolute atomic E-state index is 0.126. The molecule has 1 aliphatic rings. The maximum atomic E-state index is 6.12. The van der Waals surface area contributed by atoms with Crippen LogP contribution in [0, 0.1) is 0 Å². The first kappa shape index (κ1) is 16.8. The van der Waals surface area contributed by atoms with Crippen LogP contribution >= 0.6 is 11.6 Å². The molecule has 2 atom stereocenters. The summed E-state index contributed by atoms with van der Waals surface area (Å²) < 4.78 is 5.51. The molecule has 4 heteroatoms. The number of halogens is 1. The molecule has 1 aromatic rings. The summed E-state index contributed by atoms with van der Waals surface area (Å²) in [5, 5.41) is 4.35. The molecule has 1 aliphatic heterocycles. The van der Waals surface area contributed by atoms with Gasteiger partial charge >= 0.3 is 0 Å². The van der Waals surface area contributed by atoms with Gasteiger partial charge in [0.05, 0.1) is 13.2 Å². The van der Waals surface area contributed by atoms with E-state index in [1.807, 2.05) is 12.1 Å². The van der Waals surface area contributed by atoms with Crippen LogP contribution in [0.5, 0.6) is 0 Å². The van der Waals surface area contributed by atoms with Gasteiger partial charge < -0.3 is 10.1 Å². The molecule has 1 heterocycles. The van der Waals surface area contributed by atoms with Crippen molar-refractivity contribution in [1.29, 1.82) is 0 Å². The number of hydrogen-bond acceptors (Lipinski definition) is 3. The maximum absolute atomic E-state index is 6.12. The lowest BCUT2D eigenvalue weighted by Gasteiger charge is -2.48. The van der Waals surface area contributed by atoms with Crippen LogP contribution in [0.25, 0.3) is 0 Å². The summed E-state index contributed by atoms with van der Waals surface area (Å²) in [6.07, 6.45) is 2.10. The van der Waals surface area contributed by atoms with Crippen LogP contribution in [-0.2, 0) is 11.2 Å². The van der Waals surface area contributed by atoms with Gasteiger partial charge in [0.1, 0.15) is 0 Å². The fourth-order valence-corrected chi connectivity index (χ4v) is 3.51. The molecule has 118 valence electrons. The van der Waals surface area contributed by atoms with Gasteiger partial charge in [-0.25, -0.2) is 0 Å². The number of morpholine rings is 1. The molecule has 0 saturated carbocycles. The van der Waals surface area contributed by atoms with Gasteiger partial charge in [0.25, 0.3) is 0 Å². The van der Waals surface area contributed by atoms with Crippen molar-refractivity contribution in [1.82, 2.24) is 10.2 Å². The smallest absolute Gasteiger partial charge is 0.0594 e. The number of hydrogen-bond donors (Lipinski definition) is 1. The number of rotatable bonds is 6. The molecule has 21 heavy (non-hydrogen) atoms. The number of likely N-dealkylation sites (N-methyl/N-ethyl adjacent to an activating group) is 1. The van der Waals surface area contributed by atoms with E-state index in [2.05, 4.69) is 43.2 Å². The van der Waals surface area contributed by atoms with Crippen molar-refractivity contribution in [3.63, 3.8) is 0 Å². The van der Waals surface area contributed by atoms with E-state index in [9.17, 15) is 0 Å². The molecule has 0 aliphatic carbocycles. The Hall–Kier alpha value is -0.610. The van der Waals surface area contributed by atoms with Gasteiger partial charge in [-0.1, -0.05) is 30.7 Å². The number of nitrogens with one attached hydrogen (secondary N) is 1. The topological polar surface area (TPSA) is 24.5 Å². The van der Waals surface area contributed by atoms with Gasteiger partial charge in [0.15, 0.2) is 0 Å². The molecule has 0 bridgehead atoms. The zero-order chi connectivity index (χ0) is 15.3. The van der Waals surface area contributed by atoms with Crippen molar-refractivity contribution in [3.05, 3.63) is 34.9 Å². The normalized spacial score (nSPS) is 21.0. The van der Waals surface area contributed by atoms with Crippen molar-refractivity contribution in [2.75, 3.05) is 33.4 Å². The Labute approximate surface area is 133 Å². The molecule has 1 N–H and O–H groups in total. The summed E-state index contributed by atoms with van der Waals surface area (Å²) in [5.41, 5.74) is 1.41. The number of nitrogens with zero attached hydrogens (tertiary/aromatic N) is 1. The van der Waals surface area contributed by atoms with Crippen molar-refractivity contribution in [2.45, 2.75) is 38.3 Å². The predicted octanol–water partition coefficient (Wildman–Crippen LogP) is 2.97. The summed E-state index contributed by atoms with van der Waals surface area (Å²) in [6, 6.07) is 8.58. The standard InChI is InChI=1S/C17H27ClN2O/c1-4-17(2,20-8-10-21-11-9-20)16(19-3)13-14-6-5-7-15(18)12-14/h5-7,12,16,19H,4,8-11,13H2,1-3H3. The first-order chi connectivity index (χ1) is 10.1. The van der Waals surface area contributed by atoms with E-state index in [4.69, 9.17) is 16.3 Å². The molecule has 1 aromatic carbocycles. The SMILES string of the molecule is CCC(C)(C(Cc1cccc(Cl)c1)NC)N1CCOCC1. The zero-order valence-electron chi connectivity index (χ0n) is 13.4. The van der Waals surface area contributed by atoms with Gasteiger partial charge in [0, 0.05) is 29.7 Å². The van der Waals surface area contributed by atoms with Crippen molar-refractivity contribution < 1.29 is 4.74 Å². The van der Waals surface area contributed by atoms with E-state index in [1.165, 1.54) is 5.56 Å². The Morgan fingerprint density at radius 3 is 2.67 bits per heavy atom. The monoisotopic (exact) mass is 310 g/mol. The third-order valence-electron chi connectivity index (χ3n) is 4.88. The summed E-state index contributed by atoms with van der Waals surface area (Å²) in [6.45, 7) is 8.34. The second-order valence-corrected chi connectivity index (χ2v) is 6.42. The highest BCUT2D eigenvalue weighted by atomic mass is 35.5. The summed E-state index contributed by atoms with van der Waals surface area (Å²) >= 11 is 6.12. The van der Waals surface area contributed by atoms with Crippen LogP contribution in [-0.4, -0.2) is 49.8 Å².